The summed E-state index contributed by atoms with van der Waals surface area (Å²) in [5.41, 5.74) is 0. The summed E-state index contributed by atoms with van der Waals surface area (Å²) in [4.78, 5) is 11.0. The van der Waals surface area contributed by atoms with Crippen LogP contribution in [0.5, 0.6) is 0 Å². The molecule has 0 aromatic carbocycles. The monoisotopic (exact) mass is 132 g/mol. The first-order valence-corrected chi connectivity index (χ1v) is 3.07. The van der Waals surface area contributed by atoms with Gasteiger partial charge in [0.25, 0.3) is 0 Å². The van der Waals surface area contributed by atoms with Gasteiger partial charge in [0.15, 0.2) is 0 Å². The minimum atomic E-state index is -0.472. The average Bonchev–Trinajstić information content (AvgIpc) is 1.90. The van der Waals surface area contributed by atoms with Crippen LogP contribution in [0.15, 0.2) is 0 Å². The summed E-state index contributed by atoms with van der Waals surface area (Å²) < 4.78 is 6.90. The predicted octanol–water partition coefficient (Wildman–Crippen LogP) is 0.840. The molecule has 0 rings (SSSR count). The third-order valence-corrected chi connectivity index (χ3v) is 1.19. The molecule has 0 spiro atoms. The molecule has 54 valence electrons. The van der Waals surface area contributed by atoms with Crippen molar-refractivity contribution in [3.8, 4) is 0 Å². The molecule has 2 nitrogen and oxygen atoms in total. The van der Waals surface area contributed by atoms with Crippen molar-refractivity contribution in [1.82, 2.24) is 0 Å². The zero-order chi connectivity index (χ0) is 8.15. The minimum absolute atomic E-state index is 0.00644. The van der Waals surface area contributed by atoms with Gasteiger partial charge in [-0.3, -0.25) is 4.79 Å². The fraction of sp³-hybridized carbons (Fsp3) is 0.857. The van der Waals surface area contributed by atoms with E-state index in [1.807, 2.05) is 0 Å². The van der Waals surface area contributed by atoms with Gasteiger partial charge >= 0.3 is 0 Å². The van der Waals surface area contributed by atoms with E-state index in [-0.39, 0.29) is 25.2 Å². The number of Topliss-reactive ketones (excluding diaryl/α,β-unsaturated/α-hetero) is 1. The van der Waals surface area contributed by atoms with Crippen LogP contribution in [-0.2, 0) is 4.79 Å². The molecule has 0 fully saturated rings. The van der Waals surface area contributed by atoms with E-state index in [2.05, 4.69) is 0 Å². The molecule has 0 aromatic rings. The van der Waals surface area contributed by atoms with Gasteiger partial charge in [-0.25, -0.2) is 0 Å². The van der Waals surface area contributed by atoms with Crippen LogP contribution in [0.4, 0.5) is 0 Å². The number of hydrogen-bond acceptors (Lipinski definition) is 2. The number of rotatable bonds is 3. The standard InChI is InChI=1S/C7H14O2/c1-5(2)7(9)6(3)4-8/h5-6,8H,4H2,1-3H3/i3T. The van der Waals surface area contributed by atoms with Crippen LogP contribution >= 0.6 is 0 Å². The summed E-state index contributed by atoms with van der Waals surface area (Å²) in [5, 5.41) is 8.60. The van der Waals surface area contributed by atoms with E-state index in [0.29, 0.717) is 0 Å². The number of hydrogen-bond donors (Lipinski definition) is 1. The first-order chi connectivity index (χ1) is 4.63. The number of carbonyl (C=O) groups excluding carboxylic acids is 1. The van der Waals surface area contributed by atoms with Gasteiger partial charge in [-0.1, -0.05) is 20.7 Å². The summed E-state index contributed by atoms with van der Waals surface area (Å²) in [6.07, 6.45) is 0. The molecule has 1 atom stereocenters. The SMILES string of the molecule is [3H]CC(CO)C(=O)C(C)C. The summed E-state index contributed by atoms with van der Waals surface area (Å²) >= 11 is 0. The first-order valence-electron chi connectivity index (χ1n) is 3.78. The van der Waals surface area contributed by atoms with Crippen molar-refractivity contribution in [2.45, 2.75) is 20.7 Å². The molecule has 0 amide bonds. The Bertz CT molecular complexity index is 108. The van der Waals surface area contributed by atoms with Crippen LogP contribution < -0.4 is 0 Å². The van der Waals surface area contributed by atoms with Crippen LogP contribution in [0.2, 0.25) is 0 Å². The van der Waals surface area contributed by atoms with Crippen LogP contribution in [0, 0.1) is 11.8 Å². The predicted molar refractivity (Wildman–Crippen MR) is 36.1 cm³/mol. The number of carbonyl (C=O) groups is 1. The normalized spacial score (nSPS) is 15.3. The summed E-state index contributed by atoms with van der Waals surface area (Å²) in [5.74, 6) is -0.556. The van der Waals surface area contributed by atoms with Crippen LogP contribution in [0.1, 0.15) is 22.1 Å². The van der Waals surface area contributed by atoms with Crippen LogP contribution in [-0.4, -0.2) is 17.5 Å². The van der Waals surface area contributed by atoms with E-state index in [1.54, 1.807) is 13.8 Å². The lowest BCUT2D eigenvalue weighted by molar-refractivity contribution is -0.126. The topological polar surface area (TPSA) is 37.3 Å². The Morgan fingerprint density at radius 2 is 2.33 bits per heavy atom. The quantitative estimate of drug-likeness (QED) is 0.617. The Labute approximate surface area is 57.3 Å². The number of aliphatic hydroxyl groups excluding tert-OH is 1. The average molecular weight is 132 g/mol. The second-order valence-electron chi connectivity index (χ2n) is 2.44. The van der Waals surface area contributed by atoms with Gasteiger partial charge in [0.05, 0.1) is 6.61 Å². The molecule has 0 bridgehead atoms. The Balaban J connectivity index is 3.89. The minimum Gasteiger partial charge on any atom is -0.396 e. The van der Waals surface area contributed by atoms with Gasteiger partial charge < -0.3 is 5.11 Å². The van der Waals surface area contributed by atoms with E-state index < -0.39 is 5.92 Å². The van der Waals surface area contributed by atoms with Crippen molar-refractivity contribution in [3.05, 3.63) is 0 Å². The van der Waals surface area contributed by atoms with Crippen molar-refractivity contribution >= 4 is 5.78 Å². The Kier molecular flexibility index (Phi) is 2.71. The van der Waals surface area contributed by atoms with E-state index >= 15 is 0 Å². The maximum atomic E-state index is 11.0. The molecular weight excluding hydrogens is 116 g/mol. The fourth-order valence-electron chi connectivity index (χ4n) is 0.561. The molecule has 0 saturated heterocycles. The van der Waals surface area contributed by atoms with E-state index in [0.717, 1.165) is 0 Å². The summed E-state index contributed by atoms with van der Waals surface area (Å²) in [6, 6.07) is 0. The van der Waals surface area contributed by atoms with Crippen molar-refractivity contribution in [1.29, 1.82) is 0 Å². The first kappa shape index (κ1) is 6.75. The second-order valence-corrected chi connectivity index (χ2v) is 2.44. The molecule has 1 unspecified atom stereocenters. The maximum Gasteiger partial charge on any atom is 0.140 e. The van der Waals surface area contributed by atoms with Crippen LogP contribution in [0.3, 0.4) is 0 Å². The molecule has 0 aromatic heterocycles. The van der Waals surface area contributed by atoms with E-state index in [9.17, 15) is 4.79 Å². The smallest absolute Gasteiger partial charge is 0.140 e. The van der Waals surface area contributed by atoms with Gasteiger partial charge in [-0.05, 0) is 0 Å². The highest BCUT2D eigenvalue weighted by Crippen LogP contribution is 2.04. The number of aliphatic hydroxyl groups is 1. The highest BCUT2D eigenvalue weighted by molar-refractivity contribution is 5.82. The van der Waals surface area contributed by atoms with E-state index in [4.69, 9.17) is 6.48 Å². The Morgan fingerprint density at radius 1 is 1.78 bits per heavy atom. The molecule has 0 aliphatic carbocycles. The Hall–Kier alpha value is -0.370. The Morgan fingerprint density at radius 3 is 2.44 bits per heavy atom. The van der Waals surface area contributed by atoms with E-state index in [1.165, 1.54) is 0 Å². The second kappa shape index (κ2) is 3.62. The largest absolute Gasteiger partial charge is 0.396 e. The summed E-state index contributed by atoms with van der Waals surface area (Å²) in [7, 11) is 0. The molecule has 2 heteroatoms. The lowest BCUT2D eigenvalue weighted by atomic mass is 9.98. The molecule has 9 heavy (non-hydrogen) atoms. The lowest BCUT2D eigenvalue weighted by Crippen LogP contribution is -2.19. The third-order valence-electron chi connectivity index (χ3n) is 1.19. The lowest BCUT2D eigenvalue weighted by Gasteiger charge is -2.08. The third kappa shape index (κ3) is 2.61. The molecule has 1 N–H and O–H groups in total. The van der Waals surface area contributed by atoms with Gasteiger partial charge in [-0.15, -0.1) is 0 Å². The summed E-state index contributed by atoms with van der Waals surface area (Å²) in [6.45, 7) is 3.36. The maximum absolute atomic E-state index is 11.0. The molecule has 0 aliphatic heterocycles. The molecule has 0 aliphatic rings. The van der Waals surface area contributed by atoms with Gasteiger partial charge in [-0.2, -0.15) is 0 Å². The molecular formula is C7H14O2. The van der Waals surface area contributed by atoms with Crippen molar-refractivity contribution in [3.63, 3.8) is 0 Å². The van der Waals surface area contributed by atoms with Crippen molar-refractivity contribution < 1.29 is 11.3 Å². The van der Waals surface area contributed by atoms with Crippen molar-refractivity contribution in [2.75, 3.05) is 6.61 Å². The highest BCUT2D eigenvalue weighted by Gasteiger charge is 2.14. The highest BCUT2D eigenvalue weighted by atomic mass is 16.3. The zero-order valence-corrected chi connectivity index (χ0v) is 5.92. The molecule has 0 radical (unpaired) electrons. The molecule has 0 heterocycles. The van der Waals surface area contributed by atoms with Gasteiger partial charge in [0.1, 0.15) is 5.78 Å². The van der Waals surface area contributed by atoms with Crippen LogP contribution in [0.25, 0.3) is 0 Å². The molecule has 0 saturated carbocycles. The fourth-order valence-corrected chi connectivity index (χ4v) is 0.561. The van der Waals surface area contributed by atoms with Gasteiger partial charge in [0.2, 0.25) is 0 Å². The zero-order valence-electron chi connectivity index (χ0n) is 6.92. The van der Waals surface area contributed by atoms with Crippen molar-refractivity contribution in [2.24, 2.45) is 11.8 Å². The number of ketones is 1. The van der Waals surface area contributed by atoms with Gasteiger partial charge in [0, 0.05) is 13.2 Å².